The molecule has 1 amide bonds. The Morgan fingerprint density at radius 1 is 1.18 bits per heavy atom. The average molecular weight is 741 g/mol. The molecule has 0 aliphatic carbocycles. The molecule has 196 valence electrons. The van der Waals surface area contributed by atoms with Crippen LogP contribution in [-0.4, -0.2) is 33.5 Å². The van der Waals surface area contributed by atoms with E-state index in [2.05, 4.69) is 62.8 Å². The third-order valence-corrected chi connectivity index (χ3v) is 6.92. The number of hydrogen-bond donors (Lipinski definition) is 2. The van der Waals surface area contributed by atoms with Gasteiger partial charge in [0.1, 0.15) is 24.2 Å². The van der Waals surface area contributed by atoms with Crippen LogP contribution >= 0.6 is 45.2 Å². The molecule has 3 aromatic rings. The fourth-order valence-corrected chi connectivity index (χ4v) is 4.16. The van der Waals surface area contributed by atoms with Crippen molar-refractivity contribution in [2.24, 2.45) is 0 Å². The van der Waals surface area contributed by atoms with E-state index >= 15 is 0 Å². The number of nitriles is 1. The number of rotatable bonds is 12. The second-order valence-electron chi connectivity index (χ2n) is 7.60. The van der Waals surface area contributed by atoms with Gasteiger partial charge in [0.25, 0.3) is 0 Å². The summed E-state index contributed by atoms with van der Waals surface area (Å²) in [6.45, 7) is 11.1. The van der Waals surface area contributed by atoms with Gasteiger partial charge in [0.15, 0.2) is 22.9 Å². The van der Waals surface area contributed by atoms with E-state index in [1.165, 1.54) is 42.6 Å². The third kappa shape index (κ3) is 7.32. The highest BCUT2D eigenvalue weighted by molar-refractivity contribution is 14.1. The van der Waals surface area contributed by atoms with Crippen molar-refractivity contribution in [3.63, 3.8) is 0 Å². The van der Waals surface area contributed by atoms with Gasteiger partial charge in [-0.05, 0) is 87.7 Å². The Bertz CT molecular complexity index is 1380. The second-order valence-corrected chi connectivity index (χ2v) is 9.92. The lowest BCUT2D eigenvalue weighted by Crippen LogP contribution is -2.30. The minimum absolute atomic E-state index is 0.0747. The molecule has 9 nitrogen and oxygen atoms in total. The van der Waals surface area contributed by atoms with Crippen molar-refractivity contribution in [3.8, 4) is 17.6 Å². The largest absolute Gasteiger partial charge is 0.493 e. The highest BCUT2D eigenvalue weighted by Gasteiger charge is 2.24. The summed E-state index contributed by atoms with van der Waals surface area (Å²) in [6.07, 6.45) is 5.32. The Balaban J connectivity index is 1.72. The molecule has 12 heteroatoms. The molecule has 0 spiro atoms. The molecule has 0 atom stereocenters. The first kappa shape index (κ1) is 29.1. The third-order valence-electron chi connectivity index (χ3n) is 5.16. The normalized spacial score (nSPS) is 10.7. The van der Waals surface area contributed by atoms with Crippen LogP contribution in [0.4, 0.5) is 15.0 Å². The molecule has 0 unspecified atom stereocenters. The molecule has 3 rings (SSSR count). The number of amides is 1. The minimum atomic E-state index is -1.26. The number of carbonyl (C=O) groups is 1. The van der Waals surface area contributed by atoms with Crippen LogP contribution in [0, 0.1) is 24.3 Å². The van der Waals surface area contributed by atoms with Crippen molar-refractivity contribution in [3.05, 3.63) is 98.3 Å². The number of ether oxygens (including phenoxy) is 3. The van der Waals surface area contributed by atoms with Gasteiger partial charge in [-0.25, -0.2) is 14.2 Å². The zero-order valence-corrected chi connectivity index (χ0v) is 24.3. The van der Waals surface area contributed by atoms with E-state index in [1.807, 2.05) is 28.7 Å². The van der Waals surface area contributed by atoms with Crippen molar-refractivity contribution in [2.75, 3.05) is 11.9 Å². The van der Waals surface area contributed by atoms with Crippen LogP contribution in [0.5, 0.6) is 11.5 Å². The van der Waals surface area contributed by atoms with Gasteiger partial charge in [-0.2, -0.15) is 10.4 Å². The number of nitrogens with zero attached hydrogens (tertiary/aromatic N) is 3. The van der Waals surface area contributed by atoms with Gasteiger partial charge in [-0.1, -0.05) is 19.7 Å². The number of halogens is 3. The Morgan fingerprint density at radius 2 is 1.92 bits per heavy atom. The summed E-state index contributed by atoms with van der Waals surface area (Å²) in [7, 11) is 0. The van der Waals surface area contributed by atoms with Crippen molar-refractivity contribution >= 4 is 57.1 Å². The molecule has 2 heterocycles. The molecule has 0 radical (unpaired) electrons. The standard InChI is InChI=1S/C26H22FI2N5O4/c1-4-26(5-2,6-3)38-25(35)32-24-22(12-18(28)14-31-24)37-15-16-11-17(27)7-8-21(16)36-10-9-19-23(29)20(13-30)34-33-19/h4-8,11-12,14H,1-3,9-10,15H2,(H,33,34)(H,31,32,35). The van der Waals surface area contributed by atoms with Crippen LogP contribution in [0.2, 0.25) is 0 Å². The van der Waals surface area contributed by atoms with Gasteiger partial charge < -0.3 is 14.2 Å². The molecule has 2 aromatic heterocycles. The molecule has 0 fully saturated rings. The van der Waals surface area contributed by atoms with Gasteiger partial charge in [-0.15, -0.1) is 0 Å². The number of nitrogens with one attached hydrogen (secondary N) is 2. The number of H-pyrrole nitrogens is 1. The predicted octanol–water partition coefficient (Wildman–Crippen LogP) is 6.07. The Kier molecular flexibility index (Phi) is 10.2. The summed E-state index contributed by atoms with van der Waals surface area (Å²) >= 11 is 4.10. The first-order chi connectivity index (χ1) is 18.2. The van der Waals surface area contributed by atoms with Crippen LogP contribution < -0.4 is 14.8 Å². The maximum absolute atomic E-state index is 14.1. The van der Waals surface area contributed by atoms with Crippen molar-refractivity contribution in [1.29, 1.82) is 5.26 Å². The molecular weight excluding hydrogens is 719 g/mol. The van der Waals surface area contributed by atoms with Crippen LogP contribution in [-0.2, 0) is 17.8 Å². The average Bonchev–Trinajstić information content (AvgIpc) is 3.27. The van der Waals surface area contributed by atoms with Gasteiger partial charge in [0, 0.05) is 21.8 Å². The van der Waals surface area contributed by atoms with E-state index in [1.54, 1.807) is 6.07 Å². The van der Waals surface area contributed by atoms with Gasteiger partial charge >= 0.3 is 6.09 Å². The monoisotopic (exact) mass is 741 g/mol. The Morgan fingerprint density at radius 3 is 2.58 bits per heavy atom. The summed E-state index contributed by atoms with van der Waals surface area (Å²) in [4.78, 5) is 16.7. The topological polar surface area (TPSA) is 122 Å². The van der Waals surface area contributed by atoms with E-state index in [0.29, 0.717) is 23.4 Å². The predicted molar refractivity (Wildman–Crippen MR) is 156 cm³/mol. The van der Waals surface area contributed by atoms with E-state index < -0.39 is 17.5 Å². The van der Waals surface area contributed by atoms with Gasteiger partial charge in [-0.3, -0.25) is 10.4 Å². The summed E-state index contributed by atoms with van der Waals surface area (Å²) in [5.41, 5.74) is 0.272. The fraction of sp³-hybridized carbons (Fsp3) is 0.154. The molecule has 38 heavy (non-hydrogen) atoms. The number of aromatic nitrogens is 3. The van der Waals surface area contributed by atoms with Crippen molar-refractivity contribution in [1.82, 2.24) is 15.2 Å². The molecule has 0 saturated heterocycles. The zero-order valence-electron chi connectivity index (χ0n) is 20.0. The Labute approximate surface area is 246 Å². The number of pyridine rings is 1. The quantitative estimate of drug-likeness (QED) is 0.171. The second kappa shape index (κ2) is 13.4. The first-order valence-electron chi connectivity index (χ1n) is 11.0. The van der Waals surface area contributed by atoms with Crippen LogP contribution in [0.1, 0.15) is 17.0 Å². The smallest absolute Gasteiger partial charge is 0.414 e. The number of carbonyl (C=O) groups excluding carboxylic acids is 1. The van der Waals surface area contributed by atoms with E-state index in [4.69, 9.17) is 19.5 Å². The van der Waals surface area contributed by atoms with E-state index in [-0.39, 0.29) is 24.8 Å². The molecule has 2 N–H and O–H groups in total. The summed E-state index contributed by atoms with van der Waals surface area (Å²) in [6, 6.07) is 7.77. The number of benzene rings is 1. The van der Waals surface area contributed by atoms with E-state index in [9.17, 15) is 9.18 Å². The Hall–Kier alpha value is -3.45. The van der Waals surface area contributed by atoms with Crippen LogP contribution in [0.25, 0.3) is 0 Å². The van der Waals surface area contributed by atoms with Gasteiger partial charge in [0.2, 0.25) is 0 Å². The van der Waals surface area contributed by atoms with Crippen molar-refractivity contribution in [2.45, 2.75) is 18.6 Å². The molecule has 1 aromatic carbocycles. The number of anilines is 1. The number of hydrogen-bond acceptors (Lipinski definition) is 7. The van der Waals surface area contributed by atoms with Crippen LogP contribution in [0.3, 0.4) is 0 Å². The molecule has 0 aliphatic heterocycles. The van der Waals surface area contributed by atoms with Crippen molar-refractivity contribution < 1.29 is 23.4 Å². The molecule has 0 aliphatic rings. The summed E-state index contributed by atoms with van der Waals surface area (Å²) < 4.78 is 32.7. The lowest BCUT2D eigenvalue weighted by Gasteiger charge is -2.23. The van der Waals surface area contributed by atoms with Crippen LogP contribution in [0.15, 0.2) is 68.4 Å². The highest BCUT2D eigenvalue weighted by atomic mass is 127. The lowest BCUT2D eigenvalue weighted by molar-refractivity contribution is 0.119. The maximum atomic E-state index is 14.1. The van der Waals surface area contributed by atoms with Gasteiger partial charge in [0.05, 0.1) is 15.9 Å². The summed E-state index contributed by atoms with van der Waals surface area (Å²) in [5, 5.41) is 18.4. The zero-order chi connectivity index (χ0) is 27.7. The number of aromatic amines is 1. The first-order valence-corrected chi connectivity index (χ1v) is 13.1. The minimum Gasteiger partial charge on any atom is -0.493 e. The lowest BCUT2D eigenvalue weighted by atomic mass is 10.1. The maximum Gasteiger partial charge on any atom is 0.414 e. The molecular formula is C26H22FI2N5O4. The summed E-state index contributed by atoms with van der Waals surface area (Å²) in [5.74, 6) is 0.292. The molecule has 0 bridgehead atoms. The SMILES string of the molecule is C=CC(C=C)(C=C)OC(=O)Nc1ncc(I)cc1OCc1cc(F)ccc1OCCc1[nH]nc(C#N)c1I. The van der Waals surface area contributed by atoms with E-state index in [0.717, 1.165) is 12.8 Å². The molecule has 0 saturated carbocycles. The highest BCUT2D eigenvalue weighted by Crippen LogP contribution is 2.28. The fourth-order valence-electron chi connectivity index (χ4n) is 3.11.